The van der Waals surface area contributed by atoms with Crippen LogP contribution in [0.25, 0.3) is 0 Å². The normalized spacial score (nSPS) is 18.9. The van der Waals surface area contributed by atoms with Crippen molar-refractivity contribution in [1.29, 1.82) is 0 Å². The molecule has 0 saturated carbocycles. The molecule has 1 fully saturated rings. The summed E-state index contributed by atoms with van der Waals surface area (Å²) >= 11 is 0. The lowest BCUT2D eigenvalue weighted by Crippen LogP contribution is -2.30. The second-order valence-electron chi connectivity index (χ2n) is 5.87. The maximum atomic E-state index is 4.27. The van der Waals surface area contributed by atoms with E-state index in [9.17, 15) is 0 Å². The van der Waals surface area contributed by atoms with Crippen molar-refractivity contribution in [3.63, 3.8) is 0 Å². The van der Waals surface area contributed by atoms with Crippen LogP contribution in [-0.4, -0.2) is 27.9 Å². The Bertz CT molecular complexity index is 331. The maximum Gasteiger partial charge on any atom is 0.133 e. The van der Waals surface area contributed by atoms with Gasteiger partial charge in [-0.1, -0.05) is 20.8 Å². The summed E-state index contributed by atoms with van der Waals surface area (Å²) in [5, 5.41) is 11.7. The number of piperidine rings is 1. The average Bonchev–Trinajstić information content (AvgIpc) is 2.64. The summed E-state index contributed by atoms with van der Waals surface area (Å²) in [5.74, 6) is 1.14. The van der Waals surface area contributed by atoms with Crippen molar-refractivity contribution in [2.24, 2.45) is 5.41 Å². The first kappa shape index (κ1) is 11.6. The molecular formula is C12H22N4. The summed E-state index contributed by atoms with van der Waals surface area (Å²) < 4.78 is 2.28. The highest BCUT2D eigenvalue weighted by Gasteiger charge is 2.21. The fourth-order valence-corrected chi connectivity index (χ4v) is 2.26. The first-order valence-corrected chi connectivity index (χ1v) is 6.15. The zero-order chi connectivity index (χ0) is 11.6. The highest BCUT2D eigenvalue weighted by Crippen LogP contribution is 2.24. The monoisotopic (exact) mass is 222 g/mol. The van der Waals surface area contributed by atoms with Crippen LogP contribution < -0.4 is 5.32 Å². The Hall–Kier alpha value is -0.900. The Morgan fingerprint density at radius 1 is 1.38 bits per heavy atom. The van der Waals surface area contributed by atoms with Crippen molar-refractivity contribution in [3.8, 4) is 0 Å². The summed E-state index contributed by atoms with van der Waals surface area (Å²) in [7, 11) is 0. The van der Waals surface area contributed by atoms with Crippen molar-refractivity contribution in [3.05, 3.63) is 12.2 Å². The van der Waals surface area contributed by atoms with Crippen LogP contribution in [-0.2, 0) is 6.42 Å². The van der Waals surface area contributed by atoms with Gasteiger partial charge >= 0.3 is 0 Å². The average molecular weight is 222 g/mol. The maximum absolute atomic E-state index is 4.27. The minimum absolute atomic E-state index is 0.275. The quantitative estimate of drug-likeness (QED) is 0.829. The molecule has 90 valence electrons. The molecule has 16 heavy (non-hydrogen) atoms. The number of aromatic nitrogens is 3. The number of hydrogen-bond acceptors (Lipinski definition) is 3. The van der Waals surface area contributed by atoms with Crippen LogP contribution in [0.5, 0.6) is 0 Å². The second kappa shape index (κ2) is 4.53. The van der Waals surface area contributed by atoms with Crippen molar-refractivity contribution in [2.45, 2.75) is 46.1 Å². The zero-order valence-electron chi connectivity index (χ0n) is 10.5. The van der Waals surface area contributed by atoms with E-state index < -0.39 is 0 Å². The van der Waals surface area contributed by atoms with Gasteiger partial charge in [-0.3, -0.25) is 0 Å². The molecule has 0 spiro atoms. The van der Waals surface area contributed by atoms with E-state index in [0.29, 0.717) is 6.04 Å². The molecule has 0 radical (unpaired) electrons. The van der Waals surface area contributed by atoms with Crippen molar-refractivity contribution in [2.75, 3.05) is 13.1 Å². The van der Waals surface area contributed by atoms with E-state index in [1.165, 1.54) is 12.8 Å². The molecule has 4 nitrogen and oxygen atoms in total. The van der Waals surface area contributed by atoms with Gasteiger partial charge in [-0.2, -0.15) is 0 Å². The lowest BCUT2D eigenvalue weighted by molar-refractivity contribution is 0.336. The SMILES string of the molecule is CC(C)(C)Cc1nncn1C1CCNCC1. The van der Waals surface area contributed by atoms with E-state index in [4.69, 9.17) is 0 Å². The third-order valence-corrected chi connectivity index (χ3v) is 3.04. The van der Waals surface area contributed by atoms with Crippen molar-refractivity contribution in [1.82, 2.24) is 20.1 Å². The molecule has 1 aliphatic heterocycles. The Kier molecular flexibility index (Phi) is 3.28. The van der Waals surface area contributed by atoms with E-state index in [1.807, 2.05) is 6.33 Å². The molecule has 1 aromatic rings. The summed E-state index contributed by atoms with van der Waals surface area (Å²) in [6.45, 7) is 8.95. The number of rotatable bonds is 2. The van der Waals surface area contributed by atoms with Crippen molar-refractivity contribution >= 4 is 0 Å². The van der Waals surface area contributed by atoms with Gasteiger partial charge in [0.2, 0.25) is 0 Å². The third-order valence-electron chi connectivity index (χ3n) is 3.04. The van der Waals surface area contributed by atoms with Crippen molar-refractivity contribution < 1.29 is 0 Å². The molecular weight excluding hydrogens is 200 g/mol. The molecule has 0 aliphatic carbocycles. The molecule has 0 aromatic carbocycles. The van der Waals surface area contributed by atoms with Crippen LogP contribution in [0, 0.1) is 5.41 Å². The van der Waals surface area contributed by atoms with Crippen LogP contribution in [0.15, 0.2) is 6.33 Å². The molecule has 0 atom stereocenters. The molecule has 0 bridgehead atoms. The molecule has 1 N–H and O–H groups in total. The zero-order valence-corrected chi connectivity index (χ0v) is 10.5. The minimum Gasteiger partial charge on any atom is -0.317 e. The predicted octanol–water partition coefficient (Wildman–Crippen LogP) is 1.79. The molecule has 1 saturated heterocycles. The number of hydrogen-bond donors (Lipinski definition) is 1. The molecule has 1 aliphatic rings. The highest BCUT2D eigenvalue weighted by atomic mass is 15.3. The van der Waals surface area contributed by atoms with Gasteiger partial charge in [0.15, 0.2) is 0 Å². The Morgan fingerprint density at radius 2 is 2.06 bits per heavy atom. The lowest BCUT2D eigenvalue weighted by atomic mass is 9.91. The van der Waals surface area contributed by atoms with Gasteiger partial charge in [0.1, 0.15) is 12.2 Å². The van der Waals surface area contributed by atoms with Gasteiger partial charge in [0.05, 0.1) is 0 Å². The van der Waals surface area contributed by atoms with Gasteiger partial charge in [0.25, 0.3) is 0 Å². The standard InChI is InChI=1S/C12H22N4/c1-12(2,3)8-11-15-14-9-16(11)10-4-6-13-7-5-10/h9-10,13H,4-8H2,1-3H3. The summed E-state index contributed by atoms with van der Waals surface area (Å²) in [4.78, 5) is 0. The summed E-state index contributed by atoms with van der Waals surface area (Å²) in [6.07, 6.45) is 5.28. The molecule has 2 heterocycles. The summed E-state index contributed by atoms with van der Waals surface area (Å²) in [6, 6.07) is 0.591. The Balaban J connectivity index is 2.11. The molecule has 1 aromatic heterocycles. The van der Waals surface area contributed by atoms with Gasteiger partial charge in [-0.05, 0) is 31.3 Å². The van der Waals surface area contributed by atoms with E-state index in [1.54, 1.807) is 0 Å². The highest BCUT2D eigenvalue weighted by molar-refractivity contribution is 4.94. The van der Waals surface area contributed by atoms with Gasteiger partial charge in [-0.15, -0.1) is 10.2 Å². The Labute approximate surface area is 97.5 Å². The summed E-state index contributed by atoms with van der Waals surface area (Å²) in [5.41, 5.74) is 0.275. The molecule has 0 unspecified atom stereocenters. The topological polar surface area (TPSA) is 42.7 Å². The lowest BCUT2D eigenvalue weighted by Gasteiger charge is -2.26. The first-order valence-electron chi connectivity index (χ1n) is 6.15. The smallest absolute Gasteiger partial charge is 0.133 e. The van der Waals surface area contributed by atoms with Crippen LogP contribution in [0.4, 0.5) is 0 Å². The van der Waals surface area contributed by atoms with E-state index >= 15 is 0 Å². The van der Waals surface area contributed by atoms with E-state index in [0.717, 1.165) is 25.3 Å². The van der Waals surface area contributed by atoms with Crippen LogP contribution in [0.3, 0.4) is 0 Å². The van der Waals surface area contributed by atoms with Crippen LogP contribution in [0.2, 0.25) is 0 Å². The predicted molar refractivity (Wildman–Crippen MR) is 64.3 cm³/mol. The largest absolute Gasteiger partial charge is 0.317 e. The van der Waals surface area contributed by atoms with E-state index in [-0.39, 0.29) is 5.41 Å². The van der Waals surface area contributed by atoms with Gasteiger partial charge < -0.3 is 9.88 Å². The third kappa shape index (κ3) is 2.82. The Morgan fingerprint density at radius 3 is 2.69 bits per heavy atom. The van der Waals surface area contributed by atoms with Gasteiger partial charge in [-0.25, -0.2) is 0 Å². The minimum atomic E-state index is 0.275. The molecule has 0 amide bonds. The van der Waals surface area contributed by atoms with Gasteiger partial charge in [0, 0.05) is 12.5 Å². The molecule has 2 rings (SSSR count). The van der Waals surface area contributed by atoms with E-state index in [2.05, 4.69) is 40.9 Å². The second-order valence-corrected chi connectivity index (χ2v) is 5.87. The number of nitrogens with one attached hydrogen (secondary N) is 1. The fourth-order valence-electron chi connectivity index (χ4n) is 2.26. The molecule has 4 heteroatoms. The fraction of sp³-hybridized carbons (Fsp3) is 0.833. The number of nitrogens with zero attached hydrogens (tertiary/aromatic N) is 3. The first-order chi connectivity index (χ1) is 7.56. The van der Waals surface area contributed by atoms with Crippen LogP contribution >= 0.6 is 0 Å². The van der Waals surface area contributed by atoms with Crippen LogP contribution in [0.1, 0.15) is 45.5 Å².